The third kappa shape index (κ3) is 2.92. The van der Waals surface area contributed by atoms with Crippen molar-refractivity contribution in [3.8, 4) is 0 Å². The maximum absolute atomic E-state index is 12.6. The Bertz CT molecular complexity index is 665. The Morgan fingerprint density at radius 1 is 1.55 bits per heavy atom. The molecular formula is C16H20ClN3OS. The predicted molar refractivity (Wildman–Crippen MR) is 89.3 cm³/mol. The van der Waals surface area contributed by atoms with Gasteiger partial charge in [0.25, 0.3) is 0 Å². The van der Waals surface area contributed by atoms with E-state index in [0.717, 1.165) is 37.1 Å². The maximum atomic E-state index is 12.6. The first kappa shape index (κ1) is 15.6. The number of aryl methyl sites for hydroxylation is 3. The second-order valence-corrected chi connectivity index (χ2v) is 6.93. The number of aromatic nitrogens is 2. The molecule has 1 aliphatic heterocycles. The summed E-state index contributed by atoms with van der Waals surface area (Å²) in [5.41, 5.74) is 3.19. The van der Waals surface area contributed by atoms with Gasteiger partial charge >= 0.3 is 0 Å². The monoisotopic (exact) mass is 337 g/mol. The zero-order valence-corrected chi connectivity index (χ0v) is 14.5. The van der Waals surface area contributed by atoms with Gasteiger partial charge in [0.05, 0.1) is 11.7 Å². The van der Waals surface area contributed by atoms with Gasteiger partial charge in [0.2, 0.25) is 5.91 Å². The minimum Gasteiger partial charge on any atom is -0.335 e. The van der Waals surface area contributed by atoms with Crippen LogP contribution in [0, 0.1) is 6.92 Å². The van der Waals surface area contributed by atoms with Gasteiger partial charge in [-0.2, -0.15) is 16.4 Å². The van der Waals surface area contributed by atoms with Crippen molar-refractivity contribution in [1.29, 1.82) is 0 Å². The molecule has 1 atom stereocenters. The van der Waals surface area contributed by atoms with Gasteiger partial charge in [-0.3, -0.25) is 9.48 Å². The zero-order valence-electron chi connectivity index (χ0n) is 12.9. The number of amides is 1. The fourth-order valence-corrected chi connectivity index (χ4v) is 4.22. The Morgan fingerprint density at radius 2 is 2.36 bits per heavy atom. The molecule has 22 heavy (non-hydrogen) atoms. The molecule has 3 rings (SSSR count). The first-order valence-electron chi connectivity index (χ1n) is 7.57. The van der Waals surface area contributed by atoms with Gasteiger partial charge in [0.15, 0.2) is 0 Å². The van der Waals surface area contributed by atoms with Crippen LogP contribution in [-0.4, -0.2) is 27.1 Å². The minimum atomic E-state index is 0.0798. The van der Waals surface area contributed by atoms with E-state index in [2.05, 4.69) is 21.9 Å². The summed E-state index contributed by atoms with van der Waals surface area (Å²) in [5, 5.41) is 9.20. The molecule has 2 aromatic heterocycles. The number of hydrogen-bond acceptors (Lipinski definition) is 3. The van der Waals surface area contributed by atoms with Crippen LogP contribution in [0.4, 0.5) is 0 Å². The van der Waals surface area contributed by atoms with Crippen LogP contribution in [0.25, 0.3) is 0 Å². The molecule has 1 amide bonds. The van der Waals surface area contributed by atoms with Gasteiger partial charge in [-0.1, -0.05) is 11.6 Å². The van der Waals surface area contributed by atoms with E-state index in [4.69, 9.17) is 11.6 Å². The summed E-state index contributed by atoms with van der Waals surface area (Å²) in [4.78, 5) is 14.6. The molecule has 0 N–H and O–H groups in total. The van der Waals surface area contributed by atoms with Crippen LogP contribution in [0.3, 0.4) is 0 Å². The van der Waals surface area contributed by atoms with Crippen molar-refractivity contribution in [2.24, 2.45) is 7.05 Å². The minimum absolute atomic E-state index is 0.0798. The molecule has 4 nitrogen and oxygen atoms in total. The van der Waals surface area contributed by atoms with Gasteiger partial charge in [0.1, 0.15) is 5.15 Å². The average molecular weight is 338 g/mol. The van der Waals surface area contributed by atoms with Gasteiger partial charge < -0.3 is 4.90 Å². The molecule has 0 saturated carbocycles. The van der Waals surface area contributed by atoms with E-state index in [0.29, 0.717) is 11.6 Å². The average Bonchev–Trinajstić information content (AvgIpc) is 3.19. The Balaban J connectivity index is 1.73. The molecule has 6 heteroatoms. The molecule has 1 fully saturated rings. The molecule has 118 valence electrons. The standard InChI is InChI=1S/C16H20ClN3OS/c1-11-15(16(17)19(2)18-11)13-4-3-8-20(13)14(21)6-5-12-7-9-22-10-12/h7,9-10,13H,3-6,8H2,1-2H3. The predicted octanol–water partition coefficient (Wildman–Crippen LogP) is 3.74. The lowest BCUT2D eigenvalue weighted by Gasteiger charge is -2.25. The molecule has 1 aliphatic rings. The van der Waals surface area contributed by atoms with Gasteiger partial charge in [-0.25, -0.2) is 0 Å². The lowest BCUT2D eigenvalue weighted by atomic mass is 10.1. The van der Waals surface area contributed by atoms with Crippen LogP contribution < -0.4 is 0 Å². The molecule has 0 spiro atoms. The highest BCUT2D eigenvalue weighted by Crippen LogP contribution is 2.37. The second kappa shape index (κ2) is 6.42. The molecule has 1 saturated heterocycles. The lowest BCUT2D eigenvalue weighted by Crippen LogP contribution is -2.31. The van der Waals surface area contributed by atoms with E-state index in [1.165, 1.54) is 5.56 Å². The van der Waals surface area contributed by atoms with Crippen molar-refractivity contribution in [3.63, 3.8) is 0 Å². The first-order chi connectivity index (χ1) is 10.6. The van der Waals surface area contributed by atoms with Crippen LogP contribution in [0.1, 0.15) is 42.1 Å². The Hall–Kier alpha value is -1.33. The normalized spacial score (nSPS) is 18.1. The Morgan fingerprint density at radius 3 is 3.00 bits per heavy atom. The SMILES string of the molecule is Cc1nn(C)c(Cl)c1C1CCCN1C(=O)CCc1ccsc1. The summed E-state index contributed by atoms with van der Waals surface area (Å²) in [7, 11) is 1.84. The lowest BCUT2D eigenvalue weighted by molar-refractivity contribution is -0.132. The fourth-order valence-electron chi connectivity index (χ4n) is 3.22. The van der Waals surface area contributed by atoms with E-state index in [1.807, 2.05) is 18.9 Å². The number of hydrogen-bond donors (Lipinski definition) is 0. The molecule has 0 bridgehead atoms. The van der Waals surface area contributed by atoms with Crippen LogP contribution in [0.5, 0.6) is 0 Å². The van der Waals surface area contributed by atoms with E-state index in [9.17, 15) is 4.79 Å². The van der Waals surface area contributed by atoms with Crippen molar-refractivity contribution in [1.82, 2.24) is 14.7 Å². The highest BCUT2D eigenvalue weighted by atomic mass is 35.5. The van der Waals surface area contributed by atoms with Crippen molar-refractivity contribution in [2.45, 2.75) is 38.6 Å². The largest absolute Gasteiger partial charge is 0.335 e. The number of halogens is 1. The number of nitrogens with zero attached hydrogens (tertiary/aromatic N) is 3. The van der Waals surface area contributed by atoms with Gasteiger partial charge in [-0.05, 0) is 48.6 Å². The van der Waals surface area contributed by atoms with E-state index < -0.39 is 0 Å². The van der Waals surface area contributed by atoms with Crippen LogP contribution in [0.2, 0.25) is 5.15 Å². The van der Waals surface area contributed by atoms with E-state index >= 15 is 0 Å². The van der Waals surface area contributed by atoms with Crippen LogP contribution in [0.15, 0.2) is 16.8 Å². The highest BCUT2D eigenvalue weighted by Gasteiger charge is 2.33. The third-order valence-corrected chi connectivity index (χ3v) is 5.49. The summed E-state index contributed by atoms with van der Waals surface area (Å²) in [6.45, 7) is 2.78. The quantitative estimate of drug-likeness (QED) is 0.852. The summed E-state index contributed by atoms with van der Waals surface area (Å²) in [6, 6.07) is 2.16. The second-order valence-electron chi connectivity index (χ2n) is 5.79. The first-order valence-corrected chi connectivity index (χ1v) is 8.89. The molecule has 0 radical (unpaired) electrons. The zero-order chi connectivity index (χ0) is 15.7. The maximum Gasteiger partial charge on any atom is 0.223 e. The number of carbonyl (C=O) groups is 1. The summed E-state index contributed by atoms with van der Waals surface area (Å²) < 4.78 is 1.69. The number of thiophene rings is 1. The molecular weight excluding hydrogens is 318 g/mol. The van der Waals surface area contributed by atoms with Crippen LogP contribution >= 0.6 is 22.9 Å². The topological polar surface area (TPSA) is 38.1 Å². The van der Waals surface area contributed by atoms with E-state index in [1.54, 1.807) is 16.0 Å². The van der Waals surface area contributed by atoms with Crippen molar-refractivity contribution < 1.29 is 4.79 Å². The molecule has 0 aromatic carbocycles. The molecule has 1 unspecified atom stereocenters. The number of rotatable bonds is 4. The molecule has 3 heterocycles. The van der Waals surface area contributed by atoms with Crippen molar-refractivity contribution in [3.05, 3.63) is 38.8 Å². The Kier molecular flexibility index (Phi) is 4.54. The van der Waals surface area contributed by atoms with Crippen molar-refractivity contribution in [2.75, 3.05) is 6.54 Å². The summed E-state index contributed by atoms with van der Waals surface area (Å²) in [6.07, 6.45) is 3.37. The van der Waals surface area contributed by atoms with E-state index in [-0.39, 0.29) is 11.9 Å². The fraction of sp³-hybridized carbons (Fsp3) is 0.500. The highest BCUT2D eigenvalue weighted by molar-refractivity contribution is 7.07. The van der Waals surface area contributed by atoms with Gasteiger partial charge in [0, 0.05) is 25.6 Å². The summed E-state index contributed by atoms with van der Waals surface area (Å²) >= 11 is 8.06. The Labute approximate surface area is 139 Å². The number of carbonyl (C=O) groups excluding carboxylic acids is 1. The van der Waals surface area contributed by atoms with Crippen LogP contribution in [-0.2, 0) is 18.3 Å². The smallest absolute Gasteiger partial charge is 0.223 e. The third-order valence-electron chi connectivity index (χ3n) is 4.31. The number of likely N-dealkylation sites (tertiary alicyclic amines) is 1. The molecule has 2 aromatic rings. The summed E-state index contributed by atoms with van der Waals surface area (Å²) in [5.74, 6) is 0.216. The van der Waals surface area contributed by atoms with Crippen molar-refractivity contribution >= 4 is 28.8 Å². The molecule has 0 aliphatic carbocycles. The van der Waals surface area contributed by atoms with Gasteiger partial charge in [-0.15, -0.1) is 0 Å².